The Morgan fingerprint density at radius 3 is 2.90 bits per heavy atom. The maximum absolute atomic E-state index is 11.8. The average Bonchev–Trinajstić information content (AvgIpc) is 2.43. The van der Waals surface area contributed by atoms with Crippen molar-refractivity contribution >= 4 is 17.3 Å². The summed E-state index contributed by atoms with van der Waals surface area (Å²) in [7, 11) is 0. The monoisotopic (exact) mass is 278 g/mol. The fourth-order valence-corrected chi connectivity index (χ4v) is 2.20. The van der Waals surface area contributed by atoms with Gasteiger partial charge in [-0.3, -0.25) is 4.79 Å². The number of hydrogen-bond donors (Lipinski definition) is 2. The molecule has 110 valence electrons. The van der Waals surface area contributed by atoms with Gasteiger partial charge in [-0.15, -0.1) is 0 Å². The molecular formula is C15H22N2O3. The molecule has 1 heterocycles. The summed E-state index contributed by atoms with van der Waals surface area (Å²) < 4.78 is 10.9. The zero-order valence-electron chi connectivity index (χ0n) is 11.9. The van der Waals surface area contributed by atoms with Gasteiger partial charge < -0.3 is 20.5 Å². The van der Waals surface area contributed by atoms with Crippen molar-refractivity contribution in [2.24, 2.45) is 0 Å². The van der Waals surface area contributed by atoms with E-state index in [1.54, 1.807) is 6.07 Å². The van der Waals surface area contributed by atoms with Crippen LogP contribution < -0.4 is 11.1 Å². The first-order valence-electron chi connectivity index (χ1n) is 7.00. The maximum atomic E-state index is 11.8. The van der Waals surface area contributed by atoms with Crippen LogP contribution in [0.5, 0.6) is 0 Å². The molecule has 1 amide bonds. The van der Waals surface area contributed by atoms with E-state index in [0.717, 1.165) is 37.3 Å². The number of benzene rings is 1. The van der Waals surface area contributed by atoms with Gasteiger partial charge in [0.1, 0.15) is 0 Å². The molecule has 1 fully saturated rings. The van der Waals surface area contributed by atoms with E-state index in [4.69, 9.17) is 15.2 Å². The summed E-state index contributed by atoms with van der Waals surface area (Å²) in [6, 6.07) is 5.44. The molecule has 1 aromatic carbocycles. The van der Waals surface area contributed by atoms with Gasteiger partial charge >= 0.3 is 0 Å². The van der Waals surface area contributed by atoms with Crippen LogP contribution in [-0.4, -0.2) is 31.8 Å². The molecule has 0 saturated carbocycles. The van der Waals surface area contributed by atoms with Crippen LogP contribution in [0.25, 0.3) is 0 Å². The number of aryl methyl sites for hydroxylation is 1. The molecule has 20 heavy (non-hydrogen) atoms. The highest BCUT2D eigenvalue weighted by Gasteiger charge is 2.14. The molecule has 0 aliphatic carbocycles. The molecule has 2 rings (SSSR count). The number of amides is 1. The highest BCUT2D eigenvalue weighted by molar-refractivity contribution is 5.91. The van der Waals surface area contributed by atoms with Crippen molar-refractivity contribution in [2.75, 3.05) is 30.9 Å². The molecule has 1 saturated heterocycles. The molecule has 0 radical (unpaired) electrons. The van der Waals surface area contributed by atoms with Crippen LogP contribution >= 0.6 is 0 Å². The van der Waals surface area contributed by atoms with E-state index in [2.05, 4.69) is 5.32 Å². The second-order valence-electron chi connectivity index (χ2n) is 5.06. The largest absolute Gasteiger partial charge is 0.399 e. The van der Waals surface area contributed by atoms with E-state index < -0.39 is 0 Å². The van der Waals surface area contributed by atoms with Gasteiger partial charge in [0.25, 0.3) is 0 Å². The fourth-order valence-electron chi connectivity index (χ4n) is 2.20. The van der Waals surface area contributed by atoms with E-state index in [-0.39, 0.29) is 12.0 Å². The topological polar surface area (TPSA) is 73.6 Å². The lowest BCUT2D eigenvalue weighted by Gasteiger charge is -2.22. The summed E-state index contributed by atoms with van der Waals surface area (Å²) in [4.78, 5) is 11.8. The zero-order valence-corrected chi connectivity index (χ0v) is 11.9. The van der Waals surface area contributed by atoms with E-state index in [1.165, 1.54) is 0 Å². The Bertz CT molecular complexity index is 456. The van der Waals surface area contributed by atoms with Gasteiger partial charge in [-0.1, -0.05) is 0 Å². The van der Waals surface area contributed by atoms with E-state index in [0.29, 0.717) is 18.7 Å². The first kappa shape index (κ1) is 14.8. The Balaban J connectivity index is 1.72. The molecule has 1 aliphatic heterocycles. The Morgan fingerprint density at radius 1 is 1.45 bits per heavy atom. The Labute approximate surface area is 119 Å². The van der Waals surface area contributed by atoms with Gasteiger partial charge in [-0.25, -0.2) is 0 Å². The van der Waals surface area contributed by atoms with E-state index in [9.17, 15) is 4.79 Å². The van der Waals surface area contributed by atoms with Crippen molar-refractivity contribution in [3.8, 4) is 0 Å². The molecule has 0 aromatic heterocycles. The molecule has 1 aliphatic rings. The molecule has 5 nitrogen and oxygen atoms in total. The minimum absolute atomic E-state index is 0.0371. The van der Waals surface area contributed by atoms with Crippen LogP contribution in [0.2, 0.25) is 0 Å². The second kappa shape index (κ2) is 7.26. The molecule has 0 spiro atoms. The van der Waals surface area contributed by atoms with Crippen LogP contribution in [0.4, 0.5) is 11.4 Å². The van der Waals surface area contributed by atoms with Gasteiger partial charge in [0.05, 0.1) is 19.1 Å². The van der Waals surface area contributed by atoms with Crippen molar-refractivity contribution in [1.82, 2.24) is 0 Å². The van der Waals surface area contributed by atoms with Gasteiger partial charge in [0.2, 0.25) is 5.91 Å². The number of carbonyl (C=O) groups is 1. The minimum atomic E-state index is -0.0371. The summed E-state index contributed by atoms with van der Waals surface area (Å²) in [5.41, 5.74) is 8.14. The average molecular weight is 278 g/mol. The second-order valence-corrected chi connectivity index (χ2v) is 5.06. The van der Waals surface area contributed by atoms with Gasteiger partial charge in [0, 0.05) is 24.6 Å². The lowest BCUT2D eigenvalue weighted by molar-refractivity contribution is -0.118. The fraction of sp³-hybridized carbons (Fsp3) is 0.533. The van der Waals surface area contributed by atoms with Crippen LogP contribution in [-0.2, 0) is 14.3 Å². The van der Waals surface area contributed by atoms with E-state index in [1.807, 2.05) is 19.1 Å². The van der Waals surface area contributed by atoms with Gasteiger partial charge in [-0.2, -0.15) is 0 Å². The summed E-state index contributed by atoms with van der Waals surface area (Å²) in [5, 5.41) is 2.88. The molecular weight excluding hydrogens is 256 g/mol. The first-order chi connectivity index (χ1) is 9.65. The Morgan fingerprint density at radius 2 is 2.20 bits per heavy atom. The standard InChI is InChI=1S/C15H22N2O3/c1-11-10-12(16)2-3-14(11)17-15(18)6-9-20-13-4-7-19-8-5-13/h2-3,10,13H,4-9,16H2,1H3,(H,17,18). The predicted molar refractivity (Wildman–Crippen MR) is 78.6 cm³/mol. The highest BCUT2D eigenvalue weighted by Crippen LogP contribution is 2.18. The number of hydrogen-bond acceptors (Lipinski definition) is 4. The number of carbonyl (C=O) groups excluding carboxylic acids is 1. The smallest absolute Gasteiger partial charge is 0.226 e. The van der Waals surface area contributed by atoms with Crippen LogP contribution in [0.1, 0.15) is 24.8 Å². The highest BCUT2D eigenvalue weighted by atomic mass is 16.5. The summed E-state index contributed by atoms with van der Waals surface area (Å²) in [6.45, 7) is 3.87. The molecule has 1 aromatic rings. The summed E-state index contributed by atoms with van der Waals surface area (Å²) in [6.07, 6.45) is 2.42. The first-order valence-corrected chi connectivity index (χ1v) is 7.00. The van der Waals surface area contributed by atoms with Crippen molar-refractivity contribution < 1.29 is 14.3 Å². The zero-order chi connectivity index (χ0) is 14.4. The number of nitrogen functional groups attached to an aromatic ring is 1. The quantitative estimate of drug-likeness (QED) is 0.809. The molecule has 3 N–H and O–H groups in total. The molecule has 5 heteroatoms. The number of nitrogens with two attached hydrogens (primary N) is 1. The molecule has 0 bridgehead atoms. The third kappa shape index (κ3) is 4.51. The van der Waals surface area contributed by atoms with Gasteiger partial charge in [0.15, 0.2) is 0 Å². The Hall–Kier alpha value is -1.59. The minimum Gasteiger partial charge on any atom is -0.399 e. The maximum Gasteiger partial charge on any atom is 0.226 e. The van der Waals surface area contributed by atoms with Crippen LogP contribution in [0.15, 0.2) is 18.2 Å². The number of nitrogens with one attached hydrogen (secondary N) is 1. The molecule has 0 unspecified atom stereocenters. The van der Waals surface area contributed by atoms with Crippen LogP contribution in [0, 0.1) is 6.92 Å². The van der Waals surface area contributed by atoms with Crippen molar-refractivity contribution in [2.45, 2.75) is 32.3 Å². The third-order valence-corrected chi connectivity index (χ3v) is 3.38. The van der Waals surface area contributed by atoms with E-state index >= 15 is 0 Å². The summed E-state index contributed by atoms with van der Waals surface area (Å²) >= 11 is 0. The number of ether oxygens (including phenoxy) is 2. The van der Waals surface area contributed by atoms with Crippen molar-refractivity contribution in [3.63, 3.8) is 0 Å². The third-order valence-electron chi connectivity index (χ3n) is 3.38. The summed E-state index contributed by atoms with van der Waals surface area (Å²) in [5.74, 6) is -0.0371. The SMILES string of the molecule is Cc1cc(N)ccc1NC(=O)CCOC1CCOCC1. The lowest BCUT2D eigenvalue weighted by Crippen LogP contribution is -2.25. The van der Waals surface area contributed by atoms with Crippen LogP contribution in [0.3, 0.4) is 0 Å². The number of anilines is 2. The van der Waals surface area contributed by atoms with Crippen molar-refractivity contribution in [1.29, 1.82) is 0 Å². The normalized spacial score (nSPS) is 16.1. The lowest BCUT2D eigenvalue weighted by atomic mass is 10.1. The van der Waals surface area contributed by atoms with Gasteiger partial charge in [-0.05, 0) is 43.5 Å². The van der Waals surface area contributed by atoms with Crippen molar-refractivity contribution in [3.05, 3.63) is 23.8 Å². The number of rotatable bonds is 5. The Kier molecular flexibility index (Phi) is 5.38. The molecule has 0 atom stereocenters. The predicted octanol–water partition coefficient (Wildman–Crippen LogP) is 2.10.